The molecule has 0 unspecified atom stereocenters. The molecule has 0 radical (unpaired) electrons. The molecule has 0 heterocycles. The van der Waals surface area contributed by atoms with E-state index in [1.54, 1.807) is 24.3 Å². The largest absolute Gasteiger partial charge is 0.493 e. The smallest absolute Gasteiger partial charge is 0.341 e. The van der Waals surface area contributed by atoms with Gasteiger partial charge in [0.2, 0.25) is 0 Å². The van der Waals surface area contributed by atoms with Gasteiger partial charge in [-0.1, -0.05) is 27.5 Å². The molecule has 0 aliphatic heterocycles. The minimum Gasteiger partial charge on any atom is -0.493 e. The number of carboxylic acid groups (broad SMARTS) is 1. The molecular weight excluding hydrogens is 452 g/mol. The second-order valence-corrected chi connectivity index (χ2v) is 6.63. The van der Waals surface area contributed by atoms with Gasteiger partial charge in [0.05, 0.1) is 7.11 Å². The molecule has 0 aliphatic carbocycles. The van der Waals surface area contributed by atoms with Crippen LogP contribution in [-0.2, 0) is 9.59 Å². The molecule has 9 heteroatoms. The van der Waals surface area contributed by atoms with Gasteiger partial charge in [0.15, 0.2) is 18.1 Å². The molecule has 0 spiro atoms. The highest BCUT2D eigenvalue weighted by Crippen LogP contribution is 2.34. The summed E-state index contributed by atoms with van der Waals surface area (Å²) < 4.78 is 10.8. The fourth-order valence-corrected chi connectivity index (χ4v) is 2.67. The van der Waals surface area contributed by atoms with Crippen molar-refractivity contribution in [3.8, 4) is 17.6 Å². The van der Waals surface area contributed by atoms with Crippen LogP contribution in [0.25, 0.3) is 6.08 Å². The Kier molecular flexibility index (Phi) is 7.44. The third-order valence-corrected chi connectivity index (χ3v) is 4.34. The predicted octanol–water partition coefficient (Wildman–Crippen LogP) is 4.12. The number of nitrogens with one attached hydrogen (secondary N) is 1. The number of carboxylic acids is 1. The van der Waals surface area contributed by atoms with E-state index in [4.69, 9.17) is 26.2 Å². The second-order valence-electron chi connectivity index (χ2n) is 5.34. The third kappa shape index (κ3) is 5.74. The average molecular weight is 466 g/mol. The first-order valence-corrected chi connectivity index (χ1v) is 8.92. The molecule has 28 heavy (non-hydrogen) atoms. The van der Waals surface area contributed by atoms with E-state index in [0.717, 1.165) is 0 Å². The van der Waals surface area contributed by atoms with Crippen LogP contribution in [0.5, 0.6) is 11.5 Å². The average Bonchev–Trinajstić information content (AvgIpc) is 2.67. The lowest BCUT2D eigenvalue weighted by atomic mass is 10.1. The Morgan fingerprint density at radius 1 is 1.29 bits per heavy atom. The predicted molar refractivity (Wildman–Crippen MR) is 107 cm³/mol. The number of ether oxygens (including phenoxy) is 2. The number of methoxy groups -OCH3 is 1. The number of hydrogen-bond donors (Lipinski definition) is 2. The number of nitriles is 1. The Morgan fingerprint density at radius 2 is 1.96 bits per heavy atom. The van der Waals surface area contributed by atoms with Crippen molar-refractivity contribution < 1.29 is 24.2 Å². The van der Waals surface area contributed by atoms with E-state index in [9.17, 15) is 14.9 Å². The summed E-state index contributed by atoms with van der Waals surface area (Å²) in [5.74, 6) is -1.26. The highest BCUT2D eigenvalue weighted by molar-refractivity contribution is 9.10. The van der Waals surface area contributed by atoms with Gasteiger partial charge in [-0.3, -0.25) is 4.79 Å². The van der Waals surface area contributed by atoms with E-state index in [-0.39, 0.29) is 17.1 Å². The van der Waals surface area contributed by atoms with Crippen molar-refractivity contribution in [2.75, 3.05) is 19.0 Å². The van der Waals surface area contributed by atoms with Gasteiger partial charge in [0.25, 0.3) is 5.91 Å². The van der Waals surface area contributed by atoms with E-state index in [0.29, 0.717) is 20.7 Å². The first kappa shape index (κ1) is 21.3. The van der Waals surface area contributed by atoms with E-state index in [1.165, 1.54) is 25.3 Å². The summed E-state index contributed by atoms with van der Waals surface area (Å²) in [5, 5.41) is 21.2. The van der Waals surface area contributed by atoms with Crippen LogP contribution in [-0.4, -0.2) is 30.7 Å². The lowest BCUT2D eigenvalue weighted by Crippen LogP contribution is -2.13. The fraction of sp³-hybridized carbons (Fsp3) is 0.105. The summed E-state index contributed by atoms with van der Waals surface area (Å²) in [6, 6.07) is 11.3. The highest BCUT2D eigenvalue weighted by Gasteiger charge is 2.14. The SMILES string of the molecule is COc1cc(/C=C(\C#N)C(=O)Nc2ccc(Cl)cc2)c(Br)cc1OCC(=O)O. The van der Waals surface area contributed by atoms with Crippen molar-refractivity contribution in [2.45, 2.75) is 0 Å². The highest BCUT2D eigenvalue weighted by atomic mass is 79.9. The maximum Gasteiger partial charge on any atom is 0.341 e. The zero-order valence-electron chi connectivity index (χ0n) is 14.5. The number of nitrogens with zero attached hydrogens (tertiary/aromatic N) is 1. The Hall–Kier alpha value is -3.02. The van der Waals surface area contributed by atoms with E-state index in [1.807, 2.05) is 6.07 Å². The Bertz CT molecular complexity index is 968. The normalized spacial score (nSPS) is 10.7. The molecule has 0 atom stereocenters. The summed E-state index contributed by atoms with van der Waals surface area (Å²) in [7, 11) is 1.39. The number of carbonyl (C=O) groups excluding carboxylic acids is 1. The van der Waals surface area contributed by atoms with Gasteiger partial charge in [-0.15, -0.1) is 0 Å². The molecule has 0 fully saturated rings. The first-order valence-electron chi connectivity index (χ1n) is 7.75. The number of amides is 1. The number of carbonyl (C=O) groups is 2. The minimum absolute atomic E-state index is 0.142. The number of benzene rings is 2. The monoisotopic (exact) mass is 464 g/mol. The van der Waals surface area contributed by atoms with Crippen LogP contribution in [0.2, 0.25) is 5.02 Å². The Balaban J connectivity index is 2.29. The van der Waals surface area contributed by atoms with Crippen LogP contribution < -0.4 is 14.8 Å². The summed E-state index contributed by atoms with van der Waals surface area (Å²) in [6.07, 6.45) is 1.37. The lowest BCUT2D eigenvalue weighted by molar-refractivity contribution is -0.139. The molecule has 144 valence electrons. The summed E-state index contributed by atoms with van der Waals surface area (Å²) >= 11 is 9.12. The maximum absolute atomic E-state index is 12.4. The van der Waals surface area contributed by atoms with E-state index in [2.05, 4.69) is 21.2 Å². The third-order valence-electron chi connectivity index (χ3n) is 3.40. The molecule has 0 aliphatic rings. The van der Waals surface area contributed by atoms with Crippen molar-refractivity contribution in [2.24, 2.45) is 0 Å². The van der Waals surface area contributed by atoms with Gasteiger partial charge >= 0.3 is 5.97 Å². The second kappa shape index (κ2) is 9.78. The Morgan fingerprint density at radius 3 is 2.54 bits per heavy atom. The molecule has 0 aromatic heterocycles. The van der Waals surface area contributed by atoms with Gasteiger partial charge in [-0.2, -0.15) is 5.26 Å². The van der Waals surface area contributed by atoms with E-state index >= 15 is 0 Å². The number of aliphatic carboxylic acids is 1. The van der Waals surface area contributed by atoms with Crippen molar-refractivity contribution in [3.05, 3.63) is 57.0 Å². The van der Waals surface area contributed by atoms with Gasteiger partial charge < -0.3 is 19.9 Å². The topological polar surface area (TPSA) is 109 Å². The zero-order chi connectivity index (χ0) is 20.7. The van der Waals surface area contributed by atoms with Gasteiger partial charge in [0, 0.05) is 15.2 Å². The van der Waals surface area contributed by atoms with Crippen LogP contribution in [0.1, 0.15) is 5.56 Å². The van der Waals surface area contributed by atoms with Crippen LogP contribution in [0.3, 0.4) is 0 Å². The number of halogens is 2. The molecule has 0 saturated heterocycles. The van der Waals surface area contributed by atoms with Crippen molar-refractivity contribution in [1.82, 2.24) is 0 Å². The molecule has 2 N–H and O–H groups in total. The van der Waals surface area contributed by atoms with Crippen LogP contribution >= 0.6 is 27.5 Å². The van der Waals surface area contributed by atoms with Gasteiger partial charge in [-0.25, -0.2) is 4.79 Å². The molecule has 2 aromatic carbocycles. The number of hydrogen-bond acceptors (Lipinski definition) is 5. The zero-order valence-corrected chi connectivity index (χ0v) is 16.9. The summed E-state index contributed by atoms with van der Waals surface area (Å²) in [4.78, 5) is 23.0. The quantitative estimate of drug-likeness (QED) is 0.470. The lowest BCUT2D eigenvalue weighted by Gasteiger charge is -2.12. The fourth-order valence-electron chi connectivity index (χ4n) is 2.11. The van der Waals surface area contributed by atoms with E-state index < -0.39 is 18.5 Å². The standard InChI is InChI=1S/C19H14BrClN2O5/c1-27-16-7-11(15(20)8-17(16)28-10-18(24)25)6-12(9-22)19(26)23-14-4-2-13(21)3-5-14/h2-8H,10H2,1H3,(H,23,26)(H,24,25)/b12-6+. The number of anilines is 1. The Labute approximate surface area is 174 Å². The molecule has 7 nitrogen and oxygen atoms in total. The van der Waals surface area contributed by atoms with Crippen LogP contribution in [0.15, 0.2) is 46.4 Å². The van der Waals surface area contributed by atoms with Crippen LogP contribution in [0, 0.1) is 11.3 Å². The molecular formula is C19H14BrClN2O5. The maximum atomic E-state index is 12.4. The van der Waals surface area contributed by atoms with Gasteiger partial charge in [-0.05, 0) is 48.0 Å². The molecule has 0 saturated carbocycles. The first-order chi connectivity index (χ1) is 13.3. The van der Waals surface area contributed by atoms with Gasteiger partial charge in [0.1, 0.15) is 11.6 Å². The minimum atomic E-state index is -1.13. The molecule has 1 amide bonds. The van der Waals surface area contributed by atoms with Crippen molar-refractivity contribution in [1.29, 1.82) is 5.26 Å². The molecule has 0 bridgehead atoms. The molecule has 2 rings (SSSR count). The number of rotatable bonds is 7. The summed E-state index contributed by atoms with van der Waals surface area (Å²) in [5.41, 5.74) is 0.823. The summed E-state index contributed by atoms with van der Waals surface area (Å²) in [6.45, 7) is -0.537. The van der Waals surface area contributed by atoms with Crippen molar-refractivity contribution in [3.63, 3.8) is 0 Å². The van der Waals surface area contributed by atoms with Crippen molar-refractivity contribution >= 4 is 51.2 Å². The van der Waals surface area contributed by atoms with Crippen LogP contribution in [0.4, 0.5) is 5.69 Å². The molecule has 2 aromatic rings.